The Kier molecular flexibility index (Phi) is 64.7. The third-order valence-corrected chi connectivity index (χ3v) is 14.8. The van der Waals surface area contributed by atoms with Gasteiger partial charge in [0.15, 0.2) is 6.10 Å². The van der Waals surface area contributed by atoms with Crippen LogP contribution in [0.2, 0.25) is 0 Å². The maximum absolute atomic E-state index is 12.9. The van der Waals surface area contributed by atoms with Gasteiger partial charge in [0.2, 0.25) is 0 Å². The number of hydrogen-bond donors (Lipinski definition) is 0. The average Bonchev–Trinajstić information content (AvgIpc) is 3.46. The molecular weight excluding hydrogens is 985 g/mol. The fraction of sp³-hybridized carbons (Fsp3) is 0.743. The van der Waals surface area contributed by atoms with Crippen molar-refractivity contribution in [2.45, 2.75) is 341 Å². The fourth-order valence-corrected chi connectivity index (χ4v) is 9.71. The Morgan fingerprint density at radius 1 is 0.263 bits per heavy atom. The molecule has 0 spiro atoms. The lowest BCUT2D eigenvalue weighted by Crippen LogP contribution is -2.30. The van der Waals surface area contributed by atoms with Crippen LogP contribution in [-0.2, 0) is 28.6 Å². The summed E-state index contributed by atoms with van der Waals surface area (Å²) in [4.78, 5) is 38.4. The van der Waals surface area contributed by atoms with E-state index in [1.54, 1.807) is 0 Å². The molecule has 80 heavy (non-hydrogen) atoms. The van der Waals surface area contributed by atoms with Gasteiger partial charge in [-0.2, -0.15) is 0 Å². The van der Waals surface area contributed by atoms with Gasteiger partial charge in [0, 0.05) is 19.3 Å². The maximum atomic E-state index is 12.9. The molecule has 0 aromatic rings. The van der Waals surface area contributed by atoms with Crippen molar-refractivity contribution in [3.8, 4) is 0 Å². The van der Waals surface area contributed by atoms with Crippen LogP contribution in [0, 0.1) is 0 Å². The van der Waals surface area contributed by atoms with Gasteiger partial charge in [-0.25, -0.2) is 0 Å². The number of carbonyl (C=O) groups is 3. The van der Waals surface area contributed by atoms with Crippen molar-refractivity contribution >= 4 is 17.9 Å². The number of carbonyl (C=O) groups excluding carboxylic acids is 3. The molecule has 0 saturated heterocycles. The first-order chi connectivity index (χ1) is 39.5. The van der Waals surface area contributed by atoms with E-state index in [1.807, 2.05) is 0 Å². The molecule has 0 aromatic carbocycles. The van der Waals surface area contributed by atoms with Crippen LogP contribution in [0.3, 0.4) is 0 Å². The largest absolute Gasteiger partial charge is 0.462 e. The van der Waals surface area contributed by atoms with E-state index in [4.69, 9.17) is 14.2 Å². The lowest BCUT2D eigenvalue weighted by molar-refractivity contribution is -0.167. The molecule has 0 aliphatic rings. The number of hydrogen-bond acceptors (Lipinski definition) is 6. The smallest absolute Gasteiger partial charge is 0.306 e. The van der Waals surface area contributed by atoms with E-state index >= 15 is 0 Å². The Labute approximate surface area is 496 Å². The molecule has 0 amide bonds. The Morgan fingerprint density at radius 2 is 0.487 bits per heavy atom. The molecule has 0 rings (SSSR count). The van der Waals surface area contributed by atoms with E-state index in [-0.39, 0.29) is 31.1 Å². The number of allylic oxidation sites excluding steroid dienone is 16. The summed E-state index contributed by atoms with van der Waals surface area (Å²) >= 11 is 0. The summed E-state index contributed by atoms with van der Waals surface area (Å²) in [6.45, 7) is 6.54. The highest BCUT2D eigenvalue weighted by molar-refractivity contribution is 5.71. The van der Waals surface area contributed by atoms with Crippen LogP contribution in [0.15, 0.2) is 97.2 Å². The first kappa shape index (κ1) is 76.3. The predicted molar refractivity (Wildman–Crippen MR) is 348 cm³/mol. The molecule has 0 N–H and O–H groups in total. The second-order valence-corrected chi connectivity index (χ2v) is 22.7. The van der Waals surface area contributed by atoms with Crippen LogP contribution in [0.4, 0.5) is 0 Å². The lowest BCUT2D eigenvalue weighted by atomic mass is 10.0. The monoisotopic (exact) mass is 1110 g/mol. The SMILES string of the molecule is CC/C=C\C/C=C\C/C=C\C/C=C\C/C=C\C/C=C\C/C=C\CCCCCCCCCC(=O)OCC(COC(=O)CCCCCCC/C=C\CCCCCCC)OC(=O)CCCCCCCCCCCCCCCCCCCCC. The topological polar surface area (TPSA) is 78.9 Å². The summed E-state index contributed by atoms with van der Waals surface area (Å²) in [5.41, 5.74) is 0. The van der Waals surface area contributed by atoms with Crippen molar-refractivity contribution in [3.05, 3.63) is 97.2 Å². The molecule has 1 atom stereocenters. The average molecular weight is 1110 g/mol. The zero-order valence-electron chi connectivity index (χ0n) is 52.8. The van der Waals surface area contributed by atoms with Gasteiger partial charge in [-0.05, 0) is 103 Å². The lowest BCUT2D eigenvalue weighted by Gasteiger charge is -2.18. The zero-order valence-corrected chi connectivity index (χ0v) is 52.8. The summed E-state index contributed by atoms with van der Waals surface area (Å²) in [6.07, 6.45) is 91.3. The van der Waals surface area contributed by atoms with E-state index < -0.39 is 6.10 Å². The van der Waals surface area contributed by atoms with Crippen LogP contribution >= 0.6 is 0 Å². The molecular formula is C74H128O6. The van der Waals surface area contributed by atoms with Gasteiger partial charge in [-0.1, -0.05) is 311 Å². The maximum Gasteiger partial charge on any atom is 0.306 e. The molecule has 6 heteroatoms. The molecule has 0 fully saturated rings. The highest BCUT2D eigenvalue weighted by Gasteiger charge is 2.19. The van der Waals surface area contributed by atoms with Crippen molar-refractivity contribution in [2.24, 2.45) is 0 Å². The second-order valence-electron chi connectivity index (χ2n) is 22.7. The van der Waals surface area contributed by atoms with Crippen LogP contribution in [0.1, 0.15) is 335 Å². The predicted octanol–water partition coefficient (Wildman–Crippen LogP) is 23.6. The molecule has 0 aliphatic heterocycles. The summed E-state index contributed by atoms with van der Waals surface area (Å²) < 4.78 is 17.0. The van der Waals surface area contributed by atoms with Gasteiger partial charge in [-0.15, -0.1) is 0 Å². The third-order valence-electron chi connectivity index (χ3n) is 14.8. The molecule has 6 nitrogen and oxygen atoms in total. The van der Waals surface area contributed by atoms with E-state index in [9.17, 15) is 14.4 Å². The van der Waals surface area contributed by atoms with E-state index in [0.717, 1.165) is 116 Å². The minimum atomic E-state index is -0.786. The molecule has 0 aromatic heterocycles. The highest BCUT2D eigenvalue weighted by atomic mass is 16.6. The quantitative estimate of drug-likeness (QED) is 0.0261. The highest BCUT2D eigenvalue weighted by Crippen LogP contribution is 2.17. The first-order valence-electron chi connectivity index (χ1n) is 34.2. The van der Waals surface area contributed by atoms with E-state index in [1.165, 1.54) is 180 Å². The van der Waals surface area contributed by atoms with E-state index in [2.05, 4.69) is 118 Å². The fourth-order valence-electron chi connectivity index (χ4n) is 9.71. The molecule has 0 aliphatic carbocycles. The van der Waals surface area contributed by atoms with Crippen LogP contribution in [-0.4, -0.2) is 37.2 Å². The minimum absolute atomic E-state index is 0.0821. The van der Waals surface area contributed by atoms with Gasteiger partial charge >= 0.3 is 17.9 Å². The summed E-state index contributed by atoms with van der Waals surface area (Å²) in [6, 6.07) is 0. The van der Waals surface area contributed by atoms with Gasteiger partial charge in [0.1, 0.15) is 13.2 Å². The van der Waals surface area contributed by atoms with Crippen molar-refractivity contribution in [2.75, 3.05) is 13.2 Å². The summed E-state index contributed by atoms with van der Waals surface area (Å²) in [5, 5.41) is 0. The third kappa shape index (κ3) is 65.1. The van der Waals surface area contributed by atoms with Crippen LogP contribution < -0.4 is 0 Å². The van der Waals surface area contributed by atoms with Gasteiger partial charge in [0.05, 0.1) is 0 Å². The molecule has 1 unspecified atom stereocenters. The molecule has 460 valence electrons. The van der Waals surface area contributed by atoms with Crippen molar-refractivity contribution in [1.82, 2.24) is 0 Å². The Balaban J connectivity index is 4.33. The Bertz CT molecular complexity index is 1560. The molecule has 0 radical (unpaired) electrons. The van der Waals surface area contributed by atoms with Crippen LogP contribution in [0.25, 0.3) is 0 Å². The van der Waals surface area contributed by atoms with Crippen molar-refractivity contribution in [3.63, 3.8) is 0 Å². The van der Waals surface area contributed by atoms with Crippen LogP contribution in [0.5, 0.6) is 0 Å². The summed E-state index contributed by atoms with van der Waals surface area (Å²) in [5.74, 6) is -0.885. The normalized spacial score (nSPS) is 12.7. The minimum Gasteiger partial charge on any atom is -0.462 e. The number of unbranched alkanes of at least 4 members (excludes halogenated alkanes) is 35. The Morgan fingerprint density at radius 3 is 0.775 bits per heavy atom. The molecule has 0 bridgehead atoms. The standard InChI is InChI=1S/C74H128O6/c1-4-7-10-13-16-19-22-25-28-30-32-33-34-35-36-37-38-39-40-41-43-44-46-49-52-55-58-61-64-67-73(76)79-70-71(69-78-72(75)66-63-60-57-54-51-48-27-24-21-18-15-12-9-6-3)80-74(77)68-65-62-59-56-53-50-47-45-42-31-29-26-23-20-17-14-11-8-5-2/h7,10,16,19,24-25,27-28,32-33,35-36,38-39,41,43,71H,4-6,8-9,11-15,17-18,20-23,26,29-31,34,37,40,42,44-70H2,1-3H3/b10-7-,19-16-,27-24-,28-25-,33-32-,36-35-,39-38-,43-41-. The van der Waals surface area contributed by atoms with Crippen molar-refractivity contribution < 1.29 is 28.6 Å². The second kappa shape index (κ2) is 67.8. The van der Waals surface area contributed by atoms with Gasteiger partial charge in [0.25, 0.3) is 0 Å². The first-order valence-corrected chi connectivity index (χ1v) is 34.2. The van der Waals surface area contributed by atoms with Gasteiger partial charge in [-0.3, -0.25) is 14.4 Å². The molecule has 0 saturated carbocycles. The number of ether oxygens (including phenoxy) is 3. The van der Waals surface area contributed by atoms with Gasteiger partial charge < -0.3 is 14.2 Å². The summed E-state index contributed by atoms with van der Waals surface area (Å²) in [7, 11) is 0. The Hall–Kier alpha value is -3.67. The zero-order chi connectivity index (χ0) is 57.8. The van der Waals surface area contributed by atoms with Crippen molar-refractivity contribution in [1.29, 1.82) is 0 Å². The number of rotatable bonds is 62. The van der Waals surface area contributed by atoms with E-state index in [0.29, 0.717) is 19.3 Å². The number of esters is 3. The molecule has 0 heterocycles.